The van der Waals surface area contributed by atoms with Crippen LogP contribution in [0.1, 0.15) is 64.6 Å². The van der Waals surface area contributed by atoms with Crippen molar-refractivity contribution >= 4 is 12.4 Å². The average Bonchev–Trinajstić information content (AvgIpc) is 2.88. The molecule has 0 spiro atoms. The number of nitrogens with two attached hydrogens (primary N) is 1. The van der Waals surface area contributed by atoms with E-state index in [1.54, 1.807) is 0 Å². The minimum Gasteiger partial charge on any atom is -0.339 e. The van der Waals surface area contributed by atoms with Gasteiger partial charge >= 0.3 is 0 Å². The van der Waals surface area contributed by atoms with E-state index in [-0.39, 0.29) is 23.4 Å². The first-order valence-corrected chi connectivity index (χ1v) is 6.57. The van der Waals surface area contributed by atoms with Crippen LogP contribution in [0.25, 0.3) is 0 Å². The summed E-state index contributed by atoms with van der Waals surface area (Å²) < 4.78 is 5.34. The summed E-state index contributed by atoms with van der Waals surface area (Å²) in [5, 5.41) is 4.08. The quantitative estimate of drug-likeness (QED) is 0.915. The van der Waals surface area contributed by atoms with Crippen molar-refractivity contribution in [1.29, 1.82) is 0 Å². The number of nitrogens with zero attached hydrogens (tertiary/aromatic N) is 2. The summed E-state index contributed by atoms with van der Waals surface area (Å²) in [6.45, 7) is 6.61. The van der Waals surface area contributed by atoms with Gasteiger partial charge in [0.2, 0.25) is 5.89 Å². The van der Waals surface area contributed by atoms with Crippen molar-refractivity contribution in [3.63, 3.8) is 0 Å². The van der Waals surface area contributed by atoms with Gasteiger partial charge in [-0.05, 0) is 18.3 Å². The van der Waals surface area contributed by atoms with Crippen molar-refractivity contribution in [2.45, 2.75) is 64.8 Å². The molecule has 0 unspecified atom stereocenters. The minimum atomic E-state index is -0.335. The van der Waals surface area contributed by atoms with Gasteiger partial charge in [-0.25, -0.2) is 0 Å². The standard InChI is InChI=1S/C13H23N3O.ClH/c1-4-12(2,3)9-10-15-11(16-17-10)13(14)7-5-6-8-13;/h4-9,14H2,1-3H3;1H. The highest BCUT2D eigenvalue weighted by molar-refractivity contribution is 5.85. The van der Waals surface area contributed by atoms with Crippen LogP contribution >= 0.6 is 12.4 Å². The summed E-state index contributed by atoms with van der Waals surface area (Å²) >= 11 is 0. The van der Waals surface area contributed by atoms with Crippen LogP contribution in [0.5, 0.6) is 0 Å². The van der Waals surface area contributed by atoms with Gasteiger partial charge in [0.25, 0.3) is 0 Å². The number of hydrogen-bond donors (Lipinski definition) is 1. The Hall–Kier alpha value is -0.610. The van der Waals surface area contributed by atoms with Crippen LogP contribution in [-0.2, 0) is 12.0 Å². The molecule has 1 aliphatic carbocycles. The molecule has 0 atom stereocenters. The molecule has 1 fully saturated rings. The van der Waals surface area contributed by atoms with Gasteiger partial charge in [-0.3, -0.25) is 0 Å². The van der Waals surface area contributed by atoms with Crippen molar-refractivity contribution in [2.75, 3.05) is 0 Å². The Kier molecular flexibility index (Phi) is 4.78. The summed E-state index contributed by atoms with van der Waals surface area (Å²) in [6, 6.07) is 0. The van der Waals surface area contributed by atoms with Crippen LogP contribution in [0.3, 0.4) is 0 Å². The lowest BCUT2D eigenvalue weighted by Crippen LogP contribution is -2.34. The molecule has 1 heterocycles. The van der Waals surface area contributed by atoms with Crippen molar-refractivity contribution < 1.29 is 4.52 Å². The van der Waals surface area contributed by atoms with Gasteiger partial charge in [-0.1, -0.05) is 45.2 Å². The van der Waals surface area contributed by atoms with E-state index in [4.69, 9.17) is 10.3 Å². The second-order valence-electron chi connectivity index (χ2n) is 6.07. The van der Waals surface area contributed by atoms with E-state index in [0.29, 0.717) is 5.82 Å². The van der Waals surface area contributed by atoms with E-state index >= 15 is 0 Å². The van der Waals surface area contributed by atoms with Crippen LogP contribution in [-0.4, -0.2) is 10.1 Å². The van der Waals surface area contributed by atoms with Gasteiger partial charge in [0.1, 0.15) is 0 Å². The van der Waals surface area contributed by atoms with Gasteiger partial charge < -0.3 is 10.3 Å². The lowest BCUT2D eigenvalue weighted by molar-refractivity contribution is 0.282. The van der Waals surface area contributed by atoms with Crippen LogP contribution in [0.2, 0.25) is 0 Å². The maximum Gasteiger partial charge on any atom is 0.227 e. The Morgan fingerprint density at radius 3 is 2.50 bits per heavy atom. The van der Waals surface area contributed by atoms with Crippen molar-refractivity contribution in [2.24, 2.45) is 11.1 Å². The fourth-order valence-corrected chi connectivity index (χ4v) is 2.29. The first kappa shape index (κ1) is 15.4. The highest BCUT2D eigenvalue weighted by atomic mass is 35.5. The molecule has 1 aromatic heterocycles. The Balaban J connectivity index is 0.00000162. The van der Waals surface area contributed by atoms with Crippen LogP contribution in [0.15, 0.2) is 4.52 Å². The first-order chi connectivity index (χ1) is 7.95. The molecule has 2 N–H and O–H groups in total. The SMILES string of the molecule is CCC(C)(C)Cc1nc(C2(N)CCCC2)no1.Cl. The van der Waals surface area contributed by atoms with Gasteiger partial charge in [0.05, 0.1) is 5.54 Å². The Morgan fingerprint density at radius 2 is 1.94 bits per heavy atom. The van der Waals surface area contributed by atoms with E-state index in [1.165, 1.54) is 12.8 Å². The maximum absolute atomic E-state index is 6.30. The third kappa shape index (κ3) is 3.23. The number of hydrogen-bond acceptors (Lipinski definition) is 4. The third-order valence-corrected chi connectivity index (χ3v) is 4.00. The molecule has 0 aromatic carbocycles. The minimum absolute atomic E-state index is 0. The fraction of sp³-hybridized carbons (Fsp3) is 0.846. The lowest BCUT2D eigenvalue weighted by Gasteiger charge is -2.20. The van der Waals surface area contributed by atoms with Crippen molar-refractivity contribution in [3.8, 4) is 0 Å². The van der Waals surface area contributed by atoms with Crippen molar-refractivity contribution in [1.82, 2.24) is 10.1 Å². The molecule has 0 saturated heterocycles. The summed E-state index contributed by atoms with van der Waals surface area (Å²) in [6.07, 6.45) is 6.21. The molecule has 5 heteroatoms. The summed E-state index contributed by atoms with van der Waals surface area (Å²) in [5.41, 5.74) is 6.18. The molecule has 1 aliphatic rings. The van der Waals surface area contributed by atoms with Crippen LogP contribution < -0.4 is 5.73 Å². The normalized spacial score (nSPS) is 18.7. The molecule has 1 aromatic rings. The molecule has 2 rings (SSSR count). The first-order valence-electron chi connectivity index (χ1n) is 6.57. The fourth-order valence-electron chi connectivity index (χ4n) is 2.29. The number of aromatic nitrogens is 2. The Bertz CT molecular complexity index is 383. The largest absolute Gasteiger partial charge is 0.339 e. The lowest BCUT2D eigenvalue weighted by atomic mass is 9.86. The molecule has 0 amide bonds. The smallest absolute Gasteiger partial charge is 0.227 e. The summed E-state index contributed by atoms with van der Waals surface area (Å²) in [4.78, 5) is 4.49. The monoisotopic (exact) mass is 273 g/mol. The van der Waals surface area contributed by atoms with E-state index in [1.807, 2.05) is 0 Å². The van der Waals surface area contributed by atoms with Crippen LogP contribution in [0, 0.1) is 5.41 Å². The second kappa shape index (κ2) is 5.57. The second-order valence-corrected chi connectivity index (χ2v) is 6.07. The van der Waals surface area contributed by atoms with E-state index < -0.39 is 0 Å². The molecular formula is C13H24ClN3O. The molecule has 1 saturated carbocycles. The Labute approximate surface area is 115 Å². The van der Waals surface area contributed by atoms with Gasteiger partial charge in [-0.15, -0.1) is 12.4 Å². The zero-order chi connectivity index (χ0) is 12.5. The molecule has 18 heavy (non-hydrogen) atoms. The number of rotatable bonds is 4. The van der Waals surface area contributed by atoms with E-state index in [9.17, 15) is 0 Å². The van der Waals surface area contributed by atoms with Crippen molar-refractivity contribution in [3.05, 3.63) is 11.7 Å². The third-order valence-electron chi connectivity index (χ3n) is 4.00. The predicted molar refractivity (Wildman–Crippen MR) is 73.7 cm³/mol. The van der Waals surface area contributed by atoms with E-state index in [0.717, 1.165) is 31.6 Å². The summed E-state index contributed by atoms with van der Waals surface area (Å²) in [5.74, 6) is 1.43. The summed E-state index contributed by atoms with van der Waals surface area (Å²) in [7, 11) is 0. The molecule has 0 radical (unpaired) electrons. The maximum atomic E-state index is 6.30. The predicted octanol–water partition coefficient (Wildman–Crippen LogP) is 3.20. The highest BCUT2D eigenvalue weighted by Gasteiger charge is 2.36. The molecule has 104 valence electrons. The topological polar surface area (TPSA) is 64.9 Å². The Morgan fingerprint density at radius 1 is 1.33 bits per heavy atom. The zero-order valence-electron chi connectivity index (χ0n) is 11.5. The van der Waals surface area contributed by atoms with Gasteiger partial charge in [0.15, 0.2) is 5.82 Å². The molecule has 0 bridgehead atoms. The number of halogens is 1. The van der Waals surface area contributed by atoms with Gasteiger partial charge in [0, 0.05) is 6.42 Å². The van der Waals surface area contributed by atoms with Gasteiger partial charge in [-0.2, -0.15) is 4.98 Å². The molecular weight excluding hydrogens is 250 g/mol. The zero-order valence-corrected chi connectivity index (χ0v) is 12.3. The highest BCUT2D eigenvalue weighted by Crippen LogP contribution is 2.35. The van der Waals surface area contributed by atoms with E-state index in [2.05, 4.69) is 30.9 Å². The molecule has 0 aliphatic heterocycles. The molecule has 4 nitrogen and oxygen atoms in total. The van der Waals surface area contributed by atoms with Crippen LogP contribution in [0.4, 0.5) is 0 Å². The average molecular weight is 274 g/mol.